The van der Waals surface area contributed by atoms with E-state index < -0.39 is 0 Å². The molecule has 0 spiro atoms. The zero-order chi connectivity index (χ0) is 12.7. The van der Waals surface area contributed by atoms with Gasteiger partial charge in [0.1, 0.15) is 4.47 Å². The van der Waals surface area contributed by atoms with Crippen LogP contribution in [0.2, 0.25) is 0 Å². The lowest BCUT2D eigenvalue weighted by Gasteiger charge is -2.32. The maximum Gasteiger partial charge on any atom is 0.283 e. The normalized spacial score (nSPS) is 26.8. The SMILES string of the molecule is O=c1c(Br)c(NC2CC(O)C2)cnn1CC1CC1. The molecule has 2 aliphatic rings. The Morgan fingerprint density at radius 1 is 1.50 bits per heavy atom. The van der Waals surface area contributed by atoms with Crippen LogP contribution in [0.25, 0.3) is 0 Å². The molecule has 0 saturated heterocycles. The van der Waals surface area contributed by atoms with Crippen molar-refractivity contribution >= 4 is 21.6 Å². The lowest BCUT2D eigenvalue weighted by Crippen LogP contribution is -2.39. The molecule has 2 N–H and O–H groups in total. The summed E-state index contributed by atoms with van der Waals surface area (Å²) in [5.74, 6) is 0.627. The maximum absolute atomic E-state index is 12.1. The van der Waals surface area contributed by atoms with Gasteiger partial charge in [-0.25, -0.2) is 4.68 Å². The quantitative estimate of drug-likeness (QED) is 0.880. The van der Waals surface area contributed by atoms with Crippen molar-refractivity contribution in [3.8, 4) is 0 Å². The standard InChI is InChI=1S/C12H16BrN3O2/c13-11-10(15-8-3-9(17)4-8)5-14-16(12(11)18)6-7-1-2-7/h5,7-9,15,17H,1-4,6H2. The van der Waals surface area contributed by atoms with E-state index in [0.717, 1.165) is 25.1 Å². The van der Waals surface area contributed by atoms with Crippen LogP contribution in [0.5, 0.6) is 0 Å². The molecule has 5 nitrogen and oxygen atoms in total. The van der Waals surface area contributed by atoms with Gasteiger partial charge < -0.3 is 10.4 Å². The first-order chi connectivity index (χ1) is 8.63. The van der Waals surface area contributed by atoms with E-state index in [9.17, 15) is 9.90 Å². The van der Waals surface area contributed by atoms with Crippen molar-refractivity contribution in [3.63, 3.8) is 0 Å². The molecule has 0 amide bonds. The van der Waals surface area contributed by atoms with E-state index in [-0.39, 0.29) is 17.7 Å². The van der Waals surface area contributed by atoms with E-state index in [1.54, 1.807) is 6.20 Å². The van der Waals surface area contributed by atoms with Gasteiger partial charge in [0.15, 0.2) is 0 Å². The van der Waals surface area contributed by atoms with Gasteiger partial charge in [0.25, 0.3) is 5.56 Å². The number of halogens is 1. The van der Waals surface area contributed by atoms with Crippen LogP contribution in [-0.4, -0.2) is 27.0 Å². The molecule has 98 valence electrons. The van der Waals surface area contributed by atoms with Crippen LogP contribution in [0.15, 0.2) is 15.5 Å². The van der Waals surface area contributed by atoms with E-state index >= 15 is 0 Å². The van der Waals surface area contributed by atoms with Gasteiger partial charge in [-0.05, 0) is 47.5 Å². The average molecular weight is 314 g/mol. The molecule has 0 unspecified atom stereocenters. The van der Waals surface area contributed by atoms with Gasteiger partial charge in [-0.2, -0.15) is 5.10 Å². The molecule has 2 fully saturated rings. The Hall–Kier alpha value is -0.880. The Balaban J connectivity index is 1.74. The number of hydrogen-bond acceptors (Lipinski definition) is 4. The summed E-state index contributed by atoms with van der Waals surface area (Å²) in [4.78, 5) is 12.1. The van der Waals surface area contributed by atoms with Crippen LogP contribution in [0.4, 0.5) is 5.69 Å². The Morgan fingerprint density at radius 3 is 2.83 bits per heavy atom. The van der Waals surface area contributed by atoms with Crippen LogP contribution in [-0.2, 0) is 6.54 Å². The fraction of sp³-hybridized carbons (Fsp3) is 0.667. The second kappa shape index (κ2) is 4.66. The van der Waals surface area contributed by atoms with Gasteiger partial charge in [0.2, 0.25) is 0 Å². The van der Waals surface area contributed by atoms with Gasteiger partial charge in [-0.1, -0.05) is 0 Å². The number of aliphatic hydroxyl groups is 1. The maximum atomic E-state index is 12.1. The Kier molecular flexibility index (Phi) is 3.15. The smallest absolute Gasteiger partial charge is 0.283 e. The zero-order valence-corrected chi connectivity index (χ0v) is 11.6. The average Bonchev–Trinajstić information content (AvgIpc) is 3.10. The third kappa shape index (κ3) is 2.44. The Labute approximate surface area is 113 Å². The summed E-state index contributed by atoms with van der Waals surface area (Å²) < 4.78 is 2.07. The zero-order valence-electron chi connectivity index (χ0n) is 9.97. The minimum Gasteiger partial charge on any atom is -0.393 e. The molecule has 0 aliphatic heterocycles. The van der Waals surface area contributed by atoms with Crippen molar-refractivity contribution in [1.29, 1.82) is 0 Å². The summed E-state index contributed by atoms with van der Waals surface area (Å²) in [6.45, 7) is 0.722. The number of aromatic nitrogens is 2. The third-order valence-corrected chi connectivity index (χ3v) is 4.35. The monoisotopic (exact) mass is 313 g/mol. The number of nitrogens with zero attached hydrogens (tertiary/aromatic N) is 2. The van der Waals surface area contributed by atoms with Crippen molar-refractivity contribution in [1.82, 2.24) is 9.78 Å². The van der Waals surface area contributed by atoms with Gasteiger partial charge in [0, 0.05) is 12.6 Å². The summed E-state index contributed by atoms with van der Waals surface area (Å²) in [5, 5.41) is 16.7. The van der Waals surface area contributed by atoms with E-state index in [4.69, 9.17) is 0 Å². The number of hydrogen-bond donors (Lipinski definition) is 2. The first-order valence-corrected chi connectivity index (χ1v) is 7.13. The van der Waals surface area contributed by atoms with E-state index in [1.807, 2.05) is 0 Å². The molecule has 6 heteroatoms. The van der Waals surface area contributed by atoms with Crippen LogP contribution in [0, 0.1) is 5.92 Å². The number of anilines is 1. The van der Waals surface area contributed by atoms with E-state index in [2.05, 4.69) is 26.3 Å². The lowest BCUT2D eigenvalue weighted by atomic mass is 9.89. The summed E-state index contributed by atoms with van der Waals surface area (Å²) in [5.41, 5.74) is 0.649. The molecule has 2 aliphatic carbocycles. The van der Waals surface area contributed by atoms with Crippen molar-refractivity contribution in [2.24, 2.45) is 5.92 Å². The molecular formula is C12H16BrN3O2. The van der Waals surface area contributed by atoms with Gasteiger partial charge in [-0.3, -0.25) is 4.79 Å². The third-order valence-electron chi connectivity index (χ3n) is 3.59. The number of rotatable bonds is 4. The topological polar surface area (TPSA) is 67.2 Å². The van der Waals surface area contributed by atoms with Crippen LogP contribution < -0.4 is 10.9 Å². The lowest BCUT2D eigenvalue weighted by molar-refractivity contribution is 0.0836. The van der Waals surface area contributed by atoms with Gasteiger partial charge in [0.05, 0.1) is 18.0 Å². The minimum atomic E-state index is -0.204. The first-order valence-electron chi connectivity index (χ1n) is 6.33. The molecule has 0 bridgehead atoms. The molecule has 1 aromatic rings. The largest absolute Gasteiger partial charge is 0.393 e. The van der Waals surface area contributed by atoms with Crippen LogP contribution >= 0.6 is 15.9 Å². The molecule has 18 heavy (non-hydrogen) atoms. The van der Waals surface area contributed by atoms with Crippen molar-refractivity contribution < 1.29 is 5.11 Å². The summed E-state index contributed by atoms with van der Waals surface area (Å²) in [6, 6.07) is 0.247. The van der Waals surface area contributed by atoms with E-state index in [0.29, 0.717) is 10.4 Å². The molecule has 2 saturated carbocycles. The highest BCUT2D eigenvalue weighted by Gasteiger charge is 2.28. The fourth-order valence-electron chi connectivity index (χ4n) is 2.17. The van der Waals surface area contributed by atoms with Crippen LogP contribution in [0.1, 0.15) is 25.7 Å². The molecule has 1 heterocycles. The highest BCUT2D eigenvalue weighted by Crippen LogP contribution is 2.30. The molecule has 0 radical (unpaired) electrons. The van der Waals surface area contributed by atoms with Gasteiger partial charge in [-0.15, -0.1) is 0 Å². The Bertz CT molecular complexity index is 507. The minimum absolute atomic E-state index is 0.0771. The highest BCUT2D eigenvalue weighted by molar-refractivity contribution is 9.10. The Morgan fingerprint density at radius 2 is 2.22 bits per heavy atom. The van der Waals surface area contributed by atoms with Crippen molar-refractivity contribution in [2.45, 2.75) is 44.4 Å². The molecule has 3 rings (SSSR count). The predicted octanol–water partition coefficient (Wildman–Crippen LogP) is 1.35. The van der Waals surface area contributed by atoms with E-state index in [1.165, 1.54) is 17.5 Å². The summed E-state index contributed by atoms with van der Waals surface area (Å²) in [6.07, 6.45) is 5.36. The van der Waals surface area contributed by atoms with Crippen molar-refractivity contribution in [2.75, 3.05) is 5.32 Å². The van der Waals surface area contributed by atoms with Crippen LogP contribution in [0.3, 0.4) is 0 Å². The highest BCUT2D eigenvalue weighted by atomic mass is 79.9. The number of nitrogens with one attached hydrogen (secondary N) is 1. The molecule has 0 atom stereocenters. The molecule has 0 aromatic carbocycles. The summed E-state index contributed by atoms with van der Waals surface area (Å²) >= 11 is 3.34. The second-order valence-electron chi connectivity index (χ2n) is 5.27. The summed E-state index contributed by atoms with van der Waals surface area (Å²) in [7, 11) is 0. The second-order valence-corrected chi connectivity index (χ2v) is 6.06. The number of aliphatic hydroxyl groups excluding tert-OH is 1. The predicted molar refractivity (Wildman–Crippen MR) is 71.6 cm³/mol. The molecule has 1 aromatic heterocycles. The van der Waals surface area contributed by atoms with Crippen molar-refractivity contribution in [3.05, 3.63) is 21.0 Å². The van der Waals surface area contributed by atoms with Gasteiger partial charge >= 0.3 is 0 Å². The molecular weight excluding hydrogens is 298 g/mol. The fourth-order valence-corrected chi connectivity index (χ4v) is 2.59. The first kappa shape index (κ1) is 12.2.